The van der Waals surface area contributed by atoms with Gasteiger partial charge in [0.05, 0.1) is 22.2 Å². The number of aromatic nitrogens is 3. The van der Waals surface area contributed by atoms with Crippen LogP contribution in [0.2, 0.25) is 0 Å². The summed E-state index contributed by atoms with van der Waals surface area (Å²) in [6, 6.07) is 24.6. The van der Waals surface area contributed by atoms with E-state index in [4.69, 9.17) is 4.98 Å². The Bertz CT molecular complexity index is 1490. The van der Waals surface area contributed by atoms with Crippen LogP contribution in [0.25, 0.3) is 33.3 Å². The fraction of sp³-hybridized carbons (Fsp3) is 0. The molecular formula is C23H13N3O2. The maximum atomic E-state index is 13.5. The molecule has 5 aromatic rings. The lowest BCUT2D eigenvalue weighted by molar-refractivity contribution is 0.103. The smallest absolute Gasteiger partial charge is 0.268 e. The minimum absolute atomic E-state index is 0.165. The van der Waals surface area contributed by atoms with Crippen LogP contribution in [-0.2, 0) is 0 Å². The summed E-state index contributed by atoms with van der Waals surface area (Å²) in [4.78, 5) is 31.2. The number of carbonyl (C=O) groups is 1. The van der Waals surface area contributed by atoms with Gasteiger partial charge in [0.15, 0.2) is 11.5 Å². The third-order valence-corrected chi connectivity index (χ3v) is 5.30. The average molecular weight is 363 g/mol. The van der Waals surface area contributed by atoms with Crippen molar-refractivity contribution < 1.29 is 4.79 Å². The van der Waals surface area contributed by atoms with Crippen molar-refractivity contribution in [2.45, 2.75) is 0 Å². The minimum atomic E-state index is -0.223. The summed E-state index contributed by atoms with van der Waals surface area (Å²) in [7, 11) is 0. The van der Waals surface area contributed by atoms with Gasteiger partial charge in [-0.3, -0.25) is 18.7 Å². The monoisotopic (exact) mass is 363 g/mol. The van der Waals surface area contributed by atoms with Crippen LogP contribution < -0.4 is 5.56 Å². The van der Waals surface area contributed by atoms with E-state index in [0.717, 1.165) is 16.6 Å². The molecule has 0 radical (unpaired) electrons. The summed E-state index contributed by atoms with van der Waals surface area (Å²) in [6.07, 6.45) is 0. The third-order valence-electron chi connectivity index (χ3n) is 5.30. The summed E-state index contributed by atoms with van der Waals surface area (Å²) in [6.45, 7) is 0. The predicted octanol–water partition coefficient (Wildman–Crippen LogP) is 3.87. The standard InChI is InChI=1S/C23H13N3O2/c27-20-16-11-5-7-13-18(16)26-22(20)24-21-19(23(26)28)15-10-4-6-12-17(15)25(21)14-8-2-1-3-9-14/h1-13H. The Kier molecular flexibility index (Phi) is 2.84. The SMILES string of the molecule is O=C1c2ccccc2-n2c1nc1c(c2=O)c2ccccc2n1-c1ccccc1. The zero-order valence-electron chi connectivity index (χ0n) is 14.7. The topological polar surface area (TPSA) is 56.9 Å². The first-order valence-electron chi connectivity index (χ1n) is 9.01. The van der Waals surface area contributed by atoms with Gasteiger partial charge in [-0.25, -0.2) is 4.98 Å². The van der Waals surface area contributed by atoms with Crippen molar-refractivity contribution in [3.05, 3.63) is 101 Å². The van der Waals surface area contributed by atoms with Gasteiger partial charge in [0.25, 0.3) is 5.56 Å². The first-order chi connectivity index (χ1) is 13.8. The van der Waals surface area contributed by atoms with Crippen molar-refractivity contribution >= 4 is 27.7 Å². The molecule has 3 aromatic carbocycles. The van der Waals surface area contributed by atoms with E-state index >= 15 is 0 Å². The van der Waals surface area contributed by atoms with Crippen LogP contribution in [0, 0.1) is 0 Å². The second-order valence-corrected chi connectivity index (χ2v) is 6.81. The Morgan fingerprint density at radius 2 is 1.43 bits per heavy atom. The number of ketones is 1. The summed E-state index contributed by atoms with van der Waals surface area (Å²) < 4.78 is 3.39. The van der Waals surface area contributed by atoms with Crippen molar-refractivity contribution in [1.29, 1.82) is 0 Å². The molecule has 28 heavy (non-hydrogen) atoms. The van der Waals surface area contributed by atoms with Crippen LogP contribution in [-0.4, -0.2) is 19.9 Å². The number of rotatable bonds is 1. The zero-order valence-corrected chi connectivity index (χ0v) is 14.7. The van der Waals surface area contributed by atoms with E-state index in [-0.39, 0.29) is 17.2 Å². The molecule has 3 heterocycles. The second-order valence-electron chi connectivity index (χ2n) is 6.81. The Morgan fingerprint density at radius 1 is 0.714 bits per heavy atom. The number of hydrogen-bond donors (Lipinski definition) is 0. The Labute approximate surface area is 159 Å². The Morgan fingerprint density at radius 3 is 2.29 bits per heavy atom. The molecule has 0 N–H and O–H groups in total. The molecule has 0 atom stereocenters. The van der Waals surface area contributed by atoms with Gasteiger partial charge in [-0.1, -0.05) is 48.5 Å². The normalized spacial score (nSPS) is 12.5. The molecule has 0 bridgehead atoms. The van der Waals surface area contributed by atoms with Gasteiger partial charge in [-0.15, -0.1) is 0 Å². The van der Waals surface area contributed by atoms with Crippen molar-refractivity contribution in [2.24, 2.45) is 0 Å². The molecule has 0 amide bonds. The van der Waals surface area contributed by atoms with E-state index in [1.165, 1.54) is 4.57 Å². The van der Waals surface area contributed by atoms with E-state index in [0.29, 0.717) is 22.3 Å². The maximum Gasteiger partial charge on any atom is 0.268 e. The lowest BCUT2D eigenvalue weighted by atomic mass is 10.1. The summed E-state index contributed by atoms with van der Waals surface area (Å²) in [5, 5.41) is 1.35. The van der Waals surface area contributed by atoms with Gasteiger partial charge < -0.3 is 0 Å². The maximum absolute atomic E-state index is 13.5. The van der Waals surface area contributed by atoms with Gasteiger partial charge in [0.2, 0.25) is 5.78 Å². The molecule has 0 spiro atoms. The second kappa shape index (κ2) is 5.27. The highest BCUT2D eigenvalue weighted by Gasteiger charge is 2.31. The minimum Gasteiger partial charge on any atom is -0.294 e. The van der Waals surface area contributed by atoms with Crippen molar-refractivity contribution in [2.75, 3.05) is 0 Å². The van der Waals surface area contributed by atoms with Crippen molar-refractivity contribution in [3.8, 4) is 11.4 Å². The third kappa shape index (κ3) is 1.77. The molecule has 5 nitrogen and oxygen atoms in total. The first kappa shape index (κ1) is 15.1. The number of para-hydroxylation sites is 3. The molecule has 132 valence electrons. The quantitative estimate of drug-likeness (QED) is 0.446. The molecule has 1 aliphatic heterocycles. The Balaban J connectivity index is 1.85. The molecule has 2 aromatic heterocycles. The van der Waals surface area contributed by atoms with E-state index in [1.807, 2.05) is 65.2 Å². The van der Waals surface area contributed by atoms with Crippen LogP contribution in [0.5, 0.6) is 0 Å². The molecule has 6 rings (SSSR count). The van der Waals surface area contributed by atoms with Crippen LogP contribution in [0.3, 0.4) is 0 Å². The lowest BCUT2D eigenvalue weighted by Gasteiger charge is -2.08. The number of benzene rings is 3. The molecule has 0 aliphatic carbocycles. The molecule has 0 saturated heterocycles. The van der Waals surface area contributed by atoms with Crippen LogP contribution in [0.4, 0.5) is 0 Å². The highest BCUT2D eigenvalue weighted by atomic mass is 16.1. The fourth-order valence-corrected chi connectivity index (χ4v) is 4.10. The van der Waals surface area contributed by atoms with Crippen molar-refractivity contribution in [3.63, 3.8) is 0 Å². The fourth-order valence-electron chi connectivity index (χ4n) is 4.10. The largest absolute Gasteiger partial charge is 0.294 e. The number of hydrogen-bond acceptors (Lipinski definition) is 3. The van der Waals surface area contributed by atoms with E-state index in [9.17, 15) is 9.59 Å². The van der Waals surface area contributed by atoms with E-state index < -0.39 is 0 Å². The molecule has 0 fully saturated rings. The summed E-state index contributed by atoms with van der Waals surface area (Å²) in [5.41, 5.74) is 3.18. The molecule has 1 aliphatic rings. The van der Waals surface area contributed by atoms with E-state index in [2.05, 4.69) is 0 Å². The molecule has 5 heteroatoms. The van der Waals surface area contributed by atoms with Crippen LogP contribution in [0.1, 0.15) is 16.2 Å². The summed E-state index contributed by atoms with van der Waals surface area (Å²) in [5.74, 6) is -0.0573. The van der Waals surface area contributed by atoms with E-state index in [1.54, 1.807) is 18.2 Å². The highest BCUT2D eigenvalue weighted by Crippen LogP contribution is 2.32. The molecule has 0 unspecified atom stereocenters. The van der Waals surface area contributed by atoms with Crippen LogP contribution >= 0.6 is 0 Å². The first-order valence-corrected chi connectivity index (χ1v) is 9.01. The van der Waals surface area contributed by atoms with Crippen molar-refractivity contribution in [1.82, 2.24) is 14.1 Å². The number of carbonyl (C=O) groups excluding carboxylic acids is 1. The van der Waals surface area contributed by atoms with Gasteiger partial charge in [0, 0.05) is 11.1 Å². The number of nitrogens with zero attached hydrogens (tertiary/aromatic N) is 3. The van der Waals surface area contributed by atoms with Gasteiger partial charge >= 0.3 is 0 Å². The Hall–Kier alpha value is -3.99. The zero-order chi connectivity index (χ0) is 18.8. The predicted molar refractivity (Wildman–Crippen MR) is 108 cm³/mol. The summed E-state index contributed by atoms with van der Waals surface area (Å²) >= 11 is 0. The lowest BCUT2D eigenvalue weighted by Crippen LogP contribution is -2.21. The van der Waals surface area contributed by atoms with Crippen LogP contribution in [0.15, 0.2) is 83.7 Å². The molecule has 0 saturated carbocycles. The average Bonchev–Trinajstić information content (AvgIpc) is 3.22. The van der Waals surface area contributed by atoms with Gasteiger partial charge in [0.1, 0.15) is 0 Å². The molecular weight excluding hydrogens is 350 g/mol. The number of fused-ring (bicyclic) bond motifs is 6. The van der Waals surface area contributed by atoms with Gasteiger partial charge in [-0.05, 0) is 30.3 Å². The van der Waals surface area contributed by atoms with Gasteiger partial charge in [-0.2, -0.15) is 0 Å². The highest BCUT2D eigenvalue weighted by molar-refractivity contribution is 6.15.